The first-order valence-corrected chi connectivity index (χ1v) is 6.62. The smallest absolute Gasteiger partial charge is 0.149 e. The average molecular weight is 283 g/mol. The van der Waals surface area contributed by atoms with Crippen LogP contribution in [0.1, 0.15) is 26.3 Å². The molecule has 1 unspecified atom stereocenters. The summed E-state index contributed by atoms with van der Waals surface area (Å²) in [5, 5.41) is 0. The standard InChI is InChI=1S/C14H18N2S.ClH/c1-14(2,3)12-9-11(17-13(15)16-12)10-7-5-4-6-8-10;/h4-9,13H,15H2,1-3H3;1H. The van der Waals surface area contributed by atoms with Gasteiger partial charge in [0, 0.05) is 16.0 Å². The van der Waals surface area contributed by atoms with Crippen molar-refractivity contribution >= 4 is 34.8 Å². The highest BCUT2D eigenvalue weighted by atomic mass is 35.5. The van der Waals surface area contributed by atoms with Gasteiger partial charge in [-0.2, -0.15) is 0 Å². The van der Waals surface area contributed by atoms with Crippen molar-refractivity contribution in [2.75, 3.05) is 0 Å². The lowest BCUT2D eigenvalue weighted by molar-refractivity contribution is 0.590. The van der Waals surface area contributed by atoms with E-state index < -0.39 is 0 Å². The minimum atomic E-state index is -0.190. The number of thioether (sulfide) groups is 1. The second-order valence-corrected chi connectivity index (χ2v) is 6.31. The highest BCUT2D eigenvalue weighted by Gasteiger charge is 2.23. The van der Waals surface area contributed by atoms with Gasteiger partial charge in [0.2, 0.25) is 0 Å². The van der Waals surface area contributed by atoms with Crippen LogP contribution in [0.4, 0.5) is 0 Å². The number of hydrogen-bond donors (Lipinski definition) is 1. The van der Waals surface area contributed by atoms with Gasteiger partial charge in [-0.25, -0.2) is 0 Å². The van der Waals surface area contributed by atoms with Crippen LogP contribution < -0.4 is 5.73 Å². The Labute approximate surface area is 119 Å². The van der Waals surface area contributed by atoms with Crippen LogP contribution in [0.5, 0.6) is 0 Å². The van der Waals surface area contributed by atoms with Crippen molar-refractivity contribution in [3.05, 3.63) is 42.0 Å². The van der Waals surface area contributed by atoms with Gasteiger partial charge < -0.3 is 5.73 Å². The van der Waals surface area contributed by atoms with Crippen molar-refractivity contribution in [3.8, 4) is 0 Å². The normalized spacial score (nSPS) is 19.7. The SMILES string of the molecule is CC(C)(C)C1=NC(N)SC(c2ccccc2)=C1.Cl. The Balaban J connectivity index is 0.00000162. The number of allylic oxidation sites excluding steroid dienone is 1. The molecule has 0 amide bonds. The van der Waals surface area contributed by atoms with E-state index in [0.717, 1.165) is 5.71 Å². The molecule has 0 radical (unpaired) electrons. The topological polar surface area (TPSA) is 38.4 Å². The molecule has 0 spiro atoms. The van der Waals surface area contributed by atoms with Crippen LogP contribution in [-0.4, -0.2) is 11.2 Å². The molecule has 1 aromatic carbocycles. The second kappa shape index (κ2) is 5.91. The van der Waals surface area contributed by atoms with Crippen molar-refractivity contribution in [3.63, 3.8) is 0 Å². The summed E-state index contributed by atoms with van der Waals surface area (Å²) < 4.78 is 0. The molecule has 0 aromatic heterocycles. The van der Waals surface area contributed by atoms with E-state index in [0.29, 0.717) is 0 Å². The molecule has 2 N–H and O–H groups in total. The summed E-state index contributed by atoms with van der Waals surface area (Å²) in [7, 11) is 0. The number of hydrogen-bond acceptors (Lipinski definition) is 3. The first kappa shape index (κ1) is 15.3. The molecule has 18 heavy (non-hydrogen) atoms. The Morgan fingerprint density at radius 3 is 2.33 bits per heavy atom. The van der Waals surface area contributed by atoms with Crippen molar-refractivity contribution in [1.29, 1.82) is 0 Å². The molecule has 0 fully saturated rings. The van der Waals surface area contributed by atoms with Crippen molar-refractivity contribution in [2.24, 2.45) is 16.1 Å². The summed E-state index contributed by atoms with van der Waals surface area (Å²) in [6, 6.07) is 10.3. The maximum Gasteiger partial charge on any atom is 0.149 e. The third-order valence-corrected chi connectivity index (χ3v) is 3.56. The predicted octanol–water partition coefficient (Wildman–Crippen LogP) is 3.93. The number of rotatable bonds is 1. The van der Waals surface area contributed by atoms with Crippen LogP contribution in [0.3, 0.4) is 0 Å². The molecule has 1 aliphatic rings. The fourth-order valence-corrected chi connectivity index (χ4v) is 2.53. The molecule has 0 saturated heterocycles. The maximum atomic E-state index is 5.98. The van der Waals surface area contributed by atoms with Gasteiger partial charge in [0.25, 0.3) is 0 Å². The molecule has 0 aliphatic carbocycles. The second-order valence-electron chi connectivity index (χ2n) is 5.15. The van der Waals surface area contributed by atoms with E-state index >= 15 is 0 Å². The lowest BCUT2D eigenvalue weighted by Crippen LogP contribution is -2.26. The van der Waals surface area contributed by atoms with Crippen LogP contribution in [0.2, 0.25) is 0 Å². The van der Waals surface area contributed by atoms with Gasteiger partial charge in [0.15, 0.2) is 0 Å². The van der Waals surface area contributed by atoms with E-state index in [1.165, 1.54) is 10.5 Å². The molecule has 1 aromatic rings. The Hall–Kier alpha value is -0.770. The number of aliphatic imine (C=N–C) groups is 1. The largest absolute Gasteiger partial charge is 0.301 e. The van der Waals surface area contributed by atoms with Gasteiger partial charge in [-0.05, 0) is 11.6 Å². The van der Waals surface area contributed by atoms with Gasteiger partial charge in [-0.3, -0.25) is 4.99 Å². The third kappa shape index (κ3) is 3.61. The monoisotopic (exact) mass is 282 g/mol. The van der Waals surface area contributed by atoms with Crippen LogP contribution in [0.25, 0.3) is 4.91 Å². The summed E-state index contributed by atoms with van der Waals surface area (Å²) in [6.07, 6.45) is 2.16. The zero-order valence-electron chi connectivity index (χ0n) is 10.9. The molecule has 1 atom stereocenters. The van der Waals surface area contributed by atoms with Crippen molar-refractivity contribution in [2.45, 2.75) is 26.3 Å². The summed E-state index contributed by atoms with van der Waals surface area (Å²) in [6.45, 7) is 6.48. The molecule has 2 nitrogen and oxygen atoms in total. The molecule has 0 saturated carbocycles. The zero-order chi connectivity index (χ0) is 12.5. The average Bonchev–Trinajstić information content (AvgIpc) is 2.28. The van der Waals surface area contributed by atoms with Gasteiger partial charge in [0.1, 0.15) is 5.50 Å². The first-order valence-electron chi connectivity index (χ1n) is 5.74. The number of halogens is 1. The lowest BCUT2D eigenvalue weighted by Gasteiger charge is -2.25. The molecular weight excluding hydrogens is 264 g/mol. The van der Waals surface area contributed by atoms with E-state index in [1.54, 1.807) is 11.8 Å². The van der Waals surface area contributed by atoms with Crippen LogP contribution >= 0.6 is 24.2 Å². The van der Waals surface area contributed by atoms with Gasteiger partial charge >= 0.3 is 0 Å². The fraction of sp³-hybridized carbons (Fsp3) is 0.357. The third-order valence-electron chi connectivity index (χ3n) is 2.61. The van der Waals surface area contributed by atoms with Gasteiger partial charge in [0.05, 0.1) is 0 Å². The Kier molecular flexibility index (Phi) is 5.02. The summed E-state index contributed by atoms with van der Waals surface area (Å²) in [5.41, 5.74) is 8.12. The lowest BCUT2D eigenvalue weighted by atomic mass is 9.89. The van der Waals surface area contributed by atoms with Gasteiger partial charge in [-0.1, -0.05) is 62.9 Å². The molecule has 2 rings (SSSR count). The maximum absolute atomic E-state index is 5.98. The number of nitrogens with two attached hydrogens (primary N) is 1. The van der Waals surface area contributed by atoms with E-state index in [1.807, 2.05) is 18.2 Å². The summed E-state index contributed by atoms with van der Waals surface area (Å²) in [4.78, 5) is 5.72. The Bertz CT molecular complexity index is 460. The molecule has 1 aliphatic heterocycles. The van der Waals surface area contributed by atoms with E-state index in [2.05, 4.69) is 44.0 Å². The van der Waals surface area contributed by atoms with E-state index in [-0.39, 0.29) is 23.3 Å². The number of nitrogens with zero attached hydrogens (tertiary/aromatic N) is 1. The molecule has 0 bridgehead atoms. The van der Waals surface area contributed by atoms with Crippen molar-refractivity contribution < 1.29 is 0 Å². The first-order chi connectivity index (χ1) is 7.97. The molecule has 1 heterocycles. The molecule has 4 heteroatoms. The quantitative estimate of drug-likeness (QED) is 0.848. The minimum Gasteiger partial charge on any atom is -0.301 e. The Morgan fingerprint density at radius 1 is 1.17 bits per heavy atom. The highest BCUT2D eigenvalue weighted by Crippen LogP contribution is 2.35. The van der Waals surface area contributed by atoms with Crippen molar-refractivity contribution in [1.82, 2.24) is 0 Å². The van der Waals surface area contributed by atoms with Crippen LogP contribution in [-0.2, 0) is 0 Å². The Morgan fingerprint density at radius 2 is 1.78 bits per heavy atom. The van der Waals surface area contributed by atoms with Crippen LogP contribution in [0, 0.1) is 5.41 Å². The van der Waals surface area contributed by atoms with E-state index in [4.69, 9.17) is 5.73 Å². The summed E-state index contributed by atoms with van der Waals surface area (Å²) in [5.74, 6) is 0. The predicted molar refractivity (Wildman–Crippen MR) is 84.1 cm³/mol. The molecule has 98 valence electrons. The zero-order valence-corrected chi connectivity index (χ0v) is 12.5. The number of benzene rings is 1. The molecular formula is C14H19ClN2S. The highest BCUT2D eigenvalue weighted by molar-refractivity contribution is 8.08. The van der Waals surface area contributed by atoms with E-state index in [9.17, 15) is 0 Å². The van der Waals surface area contributed by atoms with Gasteiger partial charge in [-0.15, -0.1) is 12.4 Å². The fourth-order valence-electron chi connectivity index (χ4n) is 1.65. The van der Waals surface area contributed by atoms with Crippen LogP contribution in [0.15, 0.2) is 41.4 Å². The summed E-state index contributed by atoms with van der Waals surface area (Å²) >= 11 is 1.61. The minimum absolute atomic E-state index is 0.